The van der Waals surface area contributed by atoms with E-state index in [0.29, 0.717) is 12.8 Å². The Hall–Kier alpha value is -1.13. The maximum atomic E-state index is 15.4. The lowest BCUT2D eigenvalue weighted by atomic mass is 9.86. The highest BCUT2D eigenvalue weighted by Gasteiger charge is 2.55. The SMILES string of the molecule is CCCC1CCC2CC(c3cc(F)c(F)c(F)c3)CC2(F)C(F)C1. The maximum absolute atomic E-state index is 15.4. The van der Waals surface area contributed by atoms with Crippen LogP contribution in [0.25, 0.3) is 0 Å². The third-order valence-electron chi connectivity index (χ3n) is 5.97. The van der Waals surface area contributed by atoms with E-state index in [1.807, 2.05) is 6.92 Å². The van der Waals surface area contributed by atoms with Gasteiger partial charge in [0, 0.05) is 0 Å². The van der Waals surface area contributed by atoms with Crippen LogP contribution in [0.5, 0.6) is 0 Å². The highest BCUT2D eigenvalue weighted by Crippen LogP contribution is 2.55. The Morgan fingerprint density at radius 3 is 2.38 bits per heavy atom. The second kappa shape index (κ2) is 6.64. The first-order valence-corrected chi connectivity index (χ1v) is 8.82. The molecule has 0 heterocycles. The highest BCUT2D eigenvalue weighted by molar-refractivity contribution is 5.26. The van der Waals surface area contributed by atoms with Gasteiger partial charge in [0.05, 0.1) is 0 Å². The Bertz CT molecular complexity index is 578. The van der Waals surface area contributed by atoms with E-state index in [1.165, 1.54) is 0 Å². The molecule has 0 N–H and O–H groups in total. The molecule has 5 unspecified atom stereocenters. The van der Waals surface area contributed by atoms with Crippen molar-refractivity contribution in [3.63, 3.8) is 0 Å². The molecule has 5 heteroatoms. The fourth-order valence-electron chi connectivity index (χ4n) is 4.69. The van der Waals surface area contributed by atoms with Crippen LogP contribution in [-0.4, -0.2) is 11.8 Å². The normalized spacial score (nSPS) is 36.4. The molecule has 1 aromatic rings. The molecular weight excluding hydrogens is 323 g/mol. The third-order valence-corrected chi connectivity index (χ3v) is 5.97. The van der Waals surface area contributed by atoms with E-state index in [4.69, 9.17) is 0 Å². The zero-order valence-corrected chi connectivity index (χ0v) is 13.8. The van der Waals surface area contributed by atoms with Gasteiger partial charge in [-0.25, -0.2) is 22.0 Å². The lowest BCUT2D eigenvalue weighted by Crippen LogP contribution is -2.37. The van der Waals surface area contributed by atoms with E-state index in [-0.39, 0.29) is 24.3 Å². The first-order valence-electron chi connectivity index (χ1n) is 8.82. The molecule has 0 aromatic heterocycles. The Kier molecular flexibility index (Phi) is 4.89. The van der Waals surface area contributed by atoms with Gasteiger partial charge in [-0.3, -0.25) is 0 Å². The van der Waals surface area contributed by atoms with Crippen molar-refractivity contribution in [3.8, 4) is 0 Å². The first-order chi connectivity index (χ1) is 11.3. The van der Waals surface area contributed by atoms with Crippen molar-refractivity contribution in [2.45, 2.75) is 69.6 Å². The van der Waals surface area contributed by atoms with Gasteiger partial charge < -0.3 is 0 Å². The van der Waals surface area contributed by atoms with Gasteiger partial charge in [0.1, 0.15) is 11.8 Å². The van der Waals surface area contributed by atoms with Crippen LogP contribution in [0, 0.1) is 29.3 Å². The lowest BCUT2D eigenvalue weighted by Gasteiger charge is -2.28. The van der Waals surface area contributed by atoms with Crippen molar-refractivity contribution in [1.29, 1.82) is 0 Å². The average Bonchev–Trinajstić information content (AvgIpc) is 2.83. The molecule has 0 aliphatic heterocycles. The molecule has 2 aliphatic rings. The second-order valence-electron chi connectivity index (χ2n) is 7.49. The molecule has 5 atom stereocenters. The molecule has 1 aromatic carbocycles. The average molecular weight is 346 g/mol. The number of rotatable bonds is 3. The zero-order valence-electron chi connectivity index (χ0n) is 13.8. The summed E-state index contributed by atoms with van der Waals surface area (Å²) < 4.78 is 70.1. The van der Waals surface area contributed by atoms with Gasteiger partial charge in [-0.05, 0) is 67.6 Å². The molecule has 24 heavy (non-hydrogen) atoms. The van der Waals surface area contributed by atoms with Gasteiger partial charge in [0.15, 0.2) is 17.5 Å². The Morgan fingerprint density at radius 2 is 1.75 bits per heavy atom. The molecule has 2 fully saturated rings. The van der Waals surface area contributed by atoms with Crippen LogP contribution in [0.2, 0.25) is 0 Å². The number of fused-ring (bicyclic) bond motifs is 1. The Labute approximate surface area is 139 Å². The molecule has 0 spiro atoms. The van der Waals surface area contributed by atoms with Gasteiger partial charge >= 0.3 is 0 Å². The molecule has 3 rings (SSSR count). The molecule has 0 amide bonds. The van der Waals surface area contributed by atoms with Crippen LogP contribution >= 0.6 is 0 Å². The highest BCUT2D eigenvalue weighted by atomic mass is 19.2. The van der Waals surface area contributed by atoms with E-state index >= 15 is 4.39 Å². The van der Waals surface area contributed by atoms with Crippen LogP contribution in [-0.2, 0) is 0 Å². The molecule has 2 saturated carbocycles. The third kappa shape index (κ3) is 3.06. The van der Waals surface area contributed by atoms with Crippen LogP contribution in [0.1, 0.15) is 63.4 Å². The number of halogens is 5. The summed E-state index contributed by atoms with van der Waals surface area (Å²) in [6.45, 7) is 2.04. The summed E-state index contributed by atoms with van der Waals surface area (Å²) in [5.41, 5.74) is -1.71. The fraction of sp³-hybridized carbons (Fsp3) is 0.684. The predicted molar refractivity (Wildman–Crippen MR) is 82.8 cm³/mol. The number of alkyl halides is 2. The minimum atomic E-state index is -1.94. The summed E-state index contributed by atoms with van der Waals surface area (Å²) in [4.78, 5) is 0. The number of hydrogen-bond donors (Lipinski definition) is 0. The standard InChI is InChI=1S/C19H23F5/c1-2-3-11-4-5-14-7-13(10-19(14,24)17(22)6-11)12-8-15(20)18(23)16(21)9-12/h8-9,11,13-14,17H,2-7,10H2,1H3. The van der Waals surface area contributed by atoms with Crippen molar-refractivity contribution in [2.24, 2.45) is 11.8 Å². The van der Waals surface area contributed by atoms with Crippen LogP contribution < -0.4 is 0 Å². The van der Waals surface area contributed by atoms with E-state index in [0.717, 1.165) is 31.4 Å². The summed E-state index contributed by atoms with van der Waals surface area (Å²) in [5.74, 6) is -4.76. The quantitative estimate of drug-likeness (QED) is 0.449. The van der Waals surface area contributed by atoms with E-state index in [2.05, 4.69) is 0 Å². The second-order valence-corrected chi connectivity index (χ2v) is 7.49. The molecule has 0 saturated heterocycles. The minimum absolute atomic E-state index is 0.0812. The topological polar surface area (TPSA) is 0 Å². The van der Waals surface area contributed by atoms with Crippen molar-refractivity contribution < 1.29 is 22.0 Å². The molecule has 2 aliphatic carbocycles. The van der Waals surface area contributed by atoms with Crippen molar-refractivity contribution in [2.75, 3.05) is 0 Å². The summed E-state index contributed by atoms with van der Waals surface area (Å²) in [5, 5.41) is 0. The fourth-order valence-corrected chi connectivity index (χ4v) is 4.69. The lowest BCUT2D eigenvalue weighted by molar-refractivity contribution is 0.0129. The van der Waals surface area contributed by atoms with Crippen LogP contribution in [0.4, 0.5) is 22.0 Å². The molecule has 0 bridgehead atoms. The van der Waals surface area contributed by atoms with Gasteiger partial charge in [0.2, 0.25) is 0 Å². The van der Waals surface area contributed by atoms with Gasteiger partial charge in [-0.15, -0.1) is 0 Å². The first kappa shape index (κ1) is 17.7. The Balaban J connectivity index is 1.81. The smallest absolute Gasteiger partial charge is 0.194 e. The van der Waals surface area contributed by atoms with Crippen molar-refractivity contribution >= 4 is 0 Å². The van der Waals surface area contributed by atoms with E-state index in [9.17, 15) is 17.6 Å². The predicted octanol–water partition coefficient (Wildman–Crippen LogP) is 6.24. The Morgan fingerprint density at radius 1 is 1.08 bits per heavy atom. The van der Waals surface area contributed by atoms with Crippen LogP contribution in [0.15, 0.2) is 12.1 Å². The van der Waals surface area contributed by atoms with Gasteiger partial charge in [0.25, 0.3) is 0 Å². The van der Waals surface area contributed by atoms with Gasteiger partial charge in [-0.2, -0.15) is 0 Å². The largest absolute Gasteiger partial charge is 0.244 e. The van der Waals surface area contributed by atoms with Gasteiger partial charge in [-0.1, -0.05) is 19.8 Å². The maximum Gasteiger partial charge on any atom is 0.194 e. The minimum Gasteiger partial charge on any atom is -0.244 e. The molecule has 0 nitrogen and oxygen atoms in total. The summed E-state index contributed by atoms with van der Waals surface area (Å²) in [7, 11) is 0. The number of hydrogen-bond acceptors (Lipinski definition) is 0. The van der Waals surface area contributed by atoms with Crippen molar-refractivity contribution in [3.05, 3.63) is 35.1 Å². The summed E-state index contributed by atoms with van der Waals surface area (Å²) >= 11 is 0. The van der Waals surface area contributed by atoms with Crippen molar-refractivity contribution in [1.82, 2.24) is 0 Å². The molecule has 0 radical (unpaired) electrons. The van der Waals surface area contributed by atoms with E-state index in [1.54, 1.807) is 0 Å². The van der Waals surface area contributed by atoms with E-state index < -0.39 is 41.1 Å². The monoisotopic (exact) mass is 346 g/mol. The summed E-state index contributed by atoms with van der Waals surface area (Å²) in [6, 6.07) is 1.84. The number of benzene rings is 1. The zero-order chi connectivity index (χ0) is 17.5. The molecule has 134 valence electrons. The van der Waals surface area contributed by atoms with Crippen LogP contribution in [0.3, 0.4) is 0 Å². The molecular formula is C19H23F5. The summed E-state index contributed by atoms with van der Waals surface area (Å²) in [6.07, 6.45) is 2.22.